The maximum Gasteiger partial charge on any atom is 0.348 e. The molecule has 1 rings (SSSR count). The van der Waals surface area contributed by atoms with Crippen LogP contribution in [0.4, 0.5) is 0 Å². The lowest BCUT2D eigenvalue weighted by Crippen LogP contribution is -2.33. The predicted octanol–water partition coefficient (Wildman–Crippen LogP) is 0.0928. The normalized spacial score (nSPS) is 13.2. The van der Waals surface area contributed by atoms with Crippen LogP contribution in [0.3, 0.4) is 0 Å². The van der Waals surface area contributed by atoms with Gasteiger partial charge in [-0.15, -0.1) is 0 Å². The summed E-state index contributed by atoms with van der Waals surface area (Å²) in [5.41, 5.74) is 0.682. The number of carboxylic acids is 1. The molecule has 1 aromatic rings. The number of aryl methyl sites for hydroxylation is 1. The average Bonchev–Trinajstić information content (AvgIpc) is 2.20. The van der Waals surface area contributed by atoms with Crippen molar-refractivity contribution < 1.29 is 18.3 Å². The quantitative estimate of drug-likeness (QED) is 0.826. The molecule has 0 aliphatic carbocycles. The molecule has 0 spiro atoms. The van der Waals surface area contributed by atoms with Gasteiger partial charge in [-0.2, -0.15) is 4.98 Å². The Morgan fingerprint density at radius 3 is 2.40 bits per heavy atom. The van der Waals surface area contributed by atoms with E-state index in [2.05, 4.69) is 4.98 Å². The smallest absolute Gasteiger partial charge is 0.348 e. The highest BCUT2D eigenvalue weighted by Gasteiger charge is 2.20. The third-order valence-electron chi connectivity index (χ3n) is 3.02. The van der Waals surface area contributed by atoms with Gasteiger partial charge < -0.3 is 5.11 Å². The third kappa shape index (κ3) is 3.89. The van der Waals surface area contributed by atoms with E-state index in [1.54, 1.807) is 20.8 Å². The van der Waals surface area contributed by atoms with Crippen LogP contribution in [0.15, 0.2) is 4.79 Å². The van der Waals surface area contributed by atoms with E-state index >= 15 is 0 Å². The van der Waals surface area contributed by atoms with Crippen molar-refractivity contribution in [3.8, 4) is 0 Å². The first-order valence-corrected chi connectivity index (χ1v) is 8.07. The molecule has 0 saturated heterocycles. The second-order valence-electron chi connectivity index (χ2n) is 4.93. The van der Waals surface area contributed by atoms with Gasteiger partial charge in [-0.3, -0.25) is 9.36 Å². The van der Waals surface area contributed by atoms with Gasteiger partial charge in [0.2, 0.25) is 0 Å². The lowest BCUT2D eigenvalue weighted by molar-refractivity contribution is -0.136. The van der Waals surface area contributed by atoms with Gasteiger partial charge in [0.15, 0.2) is 0 Å². The topological polar surface area (TPSA) is 106 Å². The number of aromatic nitrogens is 2. The molecule has 1 unspecified atom stereocenters. The molecule has 1 aromatic heterocycles. The van der Waals surface area contributed by atoms with E-state index in [9.17, 15) is 18.0 Å². The summed E-state index contributed by atoms with van der Waals surface area (Å²) in [6.45, 7) is 4.77. The van der Waals surface area contributed by atoms with E-state index in [0.717, 1.165) is 6.26 Å². The van der Waals surface area contributed by atoms with Crippen LogP contribution in [0.25, 0.3) is 0 Å². The van der Waals surface area contributed by atoms with Crippen LogP contribution in [0, 0.1) is 13.8 Å². The Balaban J connectivity index is 3.40. The first kappa shape index (κ1) is 16.4. The molecule has 0 saturated carbocycles. The van der Waals surface area contributed by atoms with Crippen LogP contribution >= 0.6 is 0 Å². The molecule has 0 fully saturated rings. The zero-order valence-corrected chi connectivity index (χ0v) is 12.7. The molecule has 1 heterocycles. The number of hydrogen-bond acceptors (Lipinski definition) is 5. The zero-order chi connectivity index (χ0) is 15.7. The minimum absolute atomic E-state index is 0.203. The van der Waals surface area contributed by atoms with Gasteiger partial charge in [0.25, 0.3) is 0 Å². The van der Waals surface area contributed by atoms with Crippen molar-refractivity contribution >= 4 is 15.8 Å². The van der Waals surface area contributed by atoms with Crippen molar-refractivity contribution in [2.45, 2.75) is 33.2 Å². The highest BCUT2D eigenvalue weighted by molar-refractivity contribution is 7.90. The highest BCUT2D eigenvalue weighted by atomic mass is 32.2. The summed E-state index contributed by atoms with van der Waals surface area (Å²) in [7, 11) is -3.25. The minimum Gasteiger partial charge on any atom is -0.481 e. The molecule has 0 bridgehead atoms. The fraction of sp³-hybridized carbons (Fsp3) is 0.583. The summed E-state index contributed by atoms with van der Waals surface area (Å²) in [6, 6.07) is -0.599. The number of nitrogens with zero attached hydrogens (tertiary/aromatic N) is 2. The molecule has 1 atom stereocenters. The Bertz CT molecular complexity index is 691. The van der Waals surface area contributed by atoms with Crippen LogP contribution in [0.2, 0.25) is 0 Å². The van der Waals surface area contributed by atoms with Crippen molar-refractivity contribution in [2.75, 3.05) is 12.0 Å². The molecule has 0 aliphatic heterocycles. The Hall–Kier alpha value is -1.70. The lowest BCUT2D eigenvalue weighted by Gasteiger charge is -2.19. The molecule has 1 N–H and O–H groups in total. The van der Waals surface area contributed by atoms with Gasteiger partial charge in [-0.1, -0.05) is 0 Å². The standard InChI is InChI=1S/C12H18N2O5S/c1-7(6-20(4,18)19)14-9(3)10(5-11(15)16)8(2)13-12(14)17/h7H,5-6H2,1-4H3,(H,15,16). The summed E-state index contributed by atoms with van der Waals surface area (Å²) in [5, 5.41) is 8.89. The minimum atomic E-state index is -3.25. The van der Waals surface area contributed by atoms with Gasteiger partial charge in [0.1, 0.15) is 9.84 Å². The van der Waals surface area contributed by atoms with Crippen molar-refractivity contribution in [3.05, 3.63) is 27.4 Å². The Kier molecular flexibility index (Phi) is 4.69. The molecular weight excluding hydrogens is 284 g/mol. The summed E-state index contributed by atoms with van der Waals surface area (Å²) >= 11 is 0. The fourth-order valence-corrected chi connectivity index (χ4v) is 3.28. The molecule has 0 amide bonds. The predicted molar refractivity (Wildman–Crippen MR) is 73.7 cm³/mol. The van der Waals surface area contributed by atoms with Gasteiger partial charge in [0.05, 0.1) is 12.2 Å². The van der Waals surface area contributed by atoms with E-state index in [4.69, 9.17) is 5.11 Å². The fourth-order valence-electron chi connectivity index (χ4n) is 2.25. The second kappa shape index (κ2) is 5.74. The first-order valence-electron chi connectivity index (χ1n) is 6.01. The maximum atomic E-state index is 11.9. The monoisotopic (exact) mass is 302 g/mol. The van der Waals surface area contributed by atoms with Crippen LogP contribution in [-0.2, 0) is 21.1 Å². The number of carboxylic acid groups (broad SMARTS) is 1. The van der Waals surface area contributed by atoms with E-state index in [1.807, 2.05) is 0 Å². The number of carbonyl (C=O) groups is 1. The van der Waals surface area contributed by atoms with E-state index in [0.29, 0.717) is 17.0 Å². The van der Waals surface area contributed by atoms with Crippen molar-refractivity contribution in [2.24, 2.45) is 0 Å². The van der Waals surface area contributed by atoms with Gasteiger partial charge in [-0.05, 0) is 20.8 Å². The molecule has 8 heteroatoms. The Morgan fingerprint density at radius 1 is 1.40 bits per heavy atom. The Labute approximate surface area is 117 Å². The van der Waals surface area contributed by atoms with E-state index < -0.39 is 27.5 Å². The zero-order valence-electron chi connectivity index (χ0n) is 11.9. The Morgan fingerprint density at radius 2 is 1.95 bits per heavy atom. The molecule has 0 aliphatic rings. The van der Waals surface area contributed by atoms with E-state index in [-0.39, 0.29) is 12.2 Å². The number of rotatable bonds is 5. The first-order chi connectivity index (χ1) is 9.03. The summed E-state index contributed by atoms with van der Waals surface area (Å²) < 4.78 is 23.9. The van der Waals surface area contributed by atoms with Crippen LogP contribution in [0.5, 0.6) is 0 Å². The molecule has 7 nitrogen and oxygen atoms in total. The third-order valence-corrected chi connectivity index (χ3v) is 4.10. The number of hydrogen-bond donors (Lipinski definition) is 1. The molecule has 0 aromatic carbocycles. The van der Waals surface area contributed by atoms with Crippen LogP contribution in [0.1, 0.15) is 29.9 Å². The largest absolute Gasteiger partial charge is 0.481 e. The van der Waals surface area contributed by atoms with Crippen molar-refractivity contribution in [3.63, 3.8) is 0 Å². The number of aliphatic carboxylic acids is 1. The van der Waals surface area contributed by atoms with E-state index in [1.165, 1.54) is 4.57 Å². The van der Waals surface area contributed by atoms with Gasteiger partial charge >= 0.3 is 11.7 Å². The summed E-state index contributed by atoms with van der Waals surface area (Å²) in [4.78, 5) is 26.6. The summed E-state index contributed by atoms with van der Waals surface area (Å²) in [5.74, 6) is -1.23. The molecule has 20 heavy (non-hydrogen) atoms. The van der Waals surface area contributed by atoms with Gasteiger partial charge in [-0.25, -0.2) is 13.2 Å². The van der Waals surface area contributed by atoms with Crippen LogP contribution < -0.4 is 5.69 Å². The number of sulfone groups is 1. The lowest BCUT2D eigenvalue weighted by atomic mass is 10.1. The van der Waals surface area contributed by atoms with Crippen molar-refractivity contribution in [1.82, 2.24) is 9.55 Å². The maximum absolute atomic E-state index is 11.9. The second-order valence-corrected chi connectivity index (χ2v) is 7.11. The van der Waals surface area contributed by atoms with Crippen LogP contribution in [-0.4, -0.2) is 41.1 Å². The summed E-state index contributed by atoms with van der Waals surface area (Å²) in [6.07, 6.45) is 0.834. The highest BCUT2D eigenvalue weighted by Crippen LogP contribution is 2.15. The van der Waals surface area contributed by atoms with Crippen molar-refractivity contribution in [1.29, 1.82) is 0 Å². The molecule has 0 radical (unpaired) electrons. The average molecular weight is 302 g/mol. The molecular formula is C12H18N2O5S. The van der Waals surface area contributed by atoms with Gasteiger partial charge in [0, 0.05) is 29.2 Å². The SMILES string of the molecule is Cc1nc(=O)n(C(C)CS(C)(=O)=O)c(C)c1CC(=O)O. The molecule has 112 valence electrons.